The quantitative estimate of drug-likeness (QED) is 0.192. The summed E-state index contributed by atoms with van der Waals surface area (Å²) in [5, 5.41) is 8.36. The molecule has 3 heteroatoms. The van der Waals surface area contributed by atoms with Crippen molar-refractivity contribution in [3.8, 4) is 11.1 Å². The molecule has 0 saturated heterocycles. The van der Waals surface area contributed by atoms with Crippen LogP contribution in [-0.2, 0) is 20.1 Å². The van der Waals surface area contributed by atoms with Gasteiger partial charge in [0.15, 0.2) is 0 Å². The fourth-order valence-electron chi connectivity index (χ4n) is 3.83. The van der Waals surface area contributed by atoms with Gasteiger partial charge in [-0.05, 0) is 48.4 Å². The Kier molecular flexibility index (Phi) is 4.38. The SMILES string of the molecule is Cc1cc2c3cc(-c4ccccc4)c[c-]c3n3ncc(C)c3c2cc1C.[Ir]. The van der Waals surface area contributed by atoms with E-state index >= 15 is 0 Å². The van der Waals surface area contributed by atoms with Crippen LogP contribution in [0.4, 0.5) is 0 Å². The largest absolute Gasteiger partial charge is 0.257 e. The van der Waals surface area contributed by atoms with Gasteiger partial charge in [0, 0.05) is 20.1 Å². The smallest absolute Gasteiger partial charge is 0.0741 e. The zero-order valence-electron chi connectivity index (χ0n) is 15.5. The van der Waals surface area contributed by atoms with Crippen molar-refractivity contribution in [3.05, 3.63) is 83.6 Å². The molecule has 0 fully saturated rings. The molecule has 5 aromatic rings. The van der Waals surface area contributed by atoms with E-state index in [9.17, 15) is 0 Å². The first-order valence-corrected chi connectivity index (χ1v) is 8.91. The molecule has 27 heavy (non-hydrogen) atoms. The van der Waals surface area contributed by atoms with Gasteiger partial charge in [-0.3, -0.25) is 4.52 Å². The molecule has 3 aromatic carbocycles. The first kappa shape index (κ1) is 17.9. The second-order valence-corrected chi connectivity index (χ2v) is 7.09. The van der Waals surface area contributed by atoms with E-state index < -0.39 is 0 Å². The van der Waals surface area contributed by atoms with Crippen molar-refractivity contribution in [1.82, 2.24) is 9.61 Å². The molecule has 0 amide bonds. The molecule has 2 nitrogen and oxygen atoms in total. The average molecular weight is 528 g/mol. The number of fused-ring (bicyclic) bond motifs is 6. The van der Waals surface area contributed by atoms with Crippen LogP contribution < -0.4 is 0 Å². The molecule has 0 aliphatic rings. The van der Waals surface area contributed by atoms with Crippen LogP contribution in [0.15, 0.2) is 60.8 Å². The number of aromatic nitrogens is 2. The maximum atomic E-state index is 4.64. The number of nitrogens with zero attached hydrogens (tertiary/aromatic N) is 2. The van der Waals surface area contributed by atoms with Crippen LogP contribution in [0.1, 0.15) is 16.7 Å². The molecule has 0 unspecified atom stereocenters. The van der Waals surface area contributed by atoms with E-state index in [0.29, 0.717) is 0 Å². The summed E-state index contributed by atoms with van der Waals surface area (Å²) in [7, 11) is 0. The van der Waals surface area contributed by atoms with E-state index in [2.05, 4.69) is 80.5 Å². The van der Waals surface area contributed by atoms with Crippen LogP contribution in [0.25, 0.3) is 38.3 Å². The maximum Gasteiger partial charge on any atom is 0.0741 e. The van der Waals surface area contributed by atoms with Crippen LogP contribution in [0.5, 0.6) is 0 Å². The van der Waals surface area contributed by atoms with E-state index in [1.807, 2.05) is 16.8 Å². The van der Waals surface area contributed by atoms with E-state index in [-0.39, 0.29) is 20.1 Å². The predicted molar refractivity (Wildman–Crippen MR) is 109 cm³/mol. The molecular formula is C24H19IrN2-. The second kappa shape index (κ2) is 6.60. The monoisotopic (exact) mass is 528 g/mol. The minimum absolute atomic E-state index is 0. The van der Waals surface area contributed by atoms with Crippen LogP contribution in [0.3, 0.4) is 0 Å². The summed E-state index contributed by atoms with van der Waals surface area (Å²) in [5.74, 6) is 0. The predicted octanol–water partition coefficient (Wildman–Crippen LogP) is 6.03. The Morgan fingerprint density at radius 3 is 2.22 bits per heavy atom. The molecule has 0 aliphatic carbocycles. The summed E-state index contributed by atoms with van der Waals surface area (Å²) < 4.78 is 2.04. The van der Waals surface area contributed by atoms with Crippen molar-refractivity contribution in [2.75, 3.05) is 0 Å². The minimum atomic E-state index is 0. The number of hydrogen-bond donors (Lipinski definition) is 0. The molecule has 0 aliphatic heterocycles. The molecule has 135 valence electrons. The Labute approximate surface area is 172 Å². The zero-order chi connectivity index (χ0) is 17.8. The van der Waals surface area contributed by atoms with Crippen LogP contribution in [-0.4, -0.2) is 9.61 Å². The molecule has 1 radical (unpaired) electrons. The van der Waals surface area contributed by atoms with Crippen molar-refractivity contribution in [3.63, 3.8) is 0 Å². The molecule has 0 N–H and O–H groups in total. The summed E-state index contributed by atoms with van der Waals surface area (Å²) in [5.41, 5.74) is 8.41. The molecule has 2 heterocycles. The van der Waals surface area contributed by atoms with Gasteiger partial charge in [-0.1, -0.05) is 53.4 Å². The third-order valence-corrected chi connectivity index (χ3v) is 5.37. The summed E-state index contributed by atoms with van der Waals surface area (Å²) >= 11 is 0. The second-order valence-electron chi connectivity index (χ2n) is 7.09. The third kappa shape index (κ3) is 2.70. The summed E-state index contributed by atoms with van der Waals surface area (Å²) in [4.78, 5) is 0. The normalized spacial score (nSPS) is 11.2. The fourth-order valence-corrected chi connectivity index (χ4v) is 3.83. The summed E-state index contributed by atoms with van der Waals surface area (Å²) in [6.07, 6.45) is 1.95. The maximum absolute atomic E-state index is 4.64. The molecule has 0 atom stereocenters. The number of pyridine rings is 1. The van der Waals surface area contributed by atoms with Crippen molar-refractivity contribution < 1.29 is 20.1 Å². The molecule has 0 bridgehead atoms. The standard InChI is InChI=1S/C24H19N2.Ir/c1-15-11-20-21-13-19(18-7-5-4-6-8-18)9-10-23(21)26-24(17(3)14-25-26)22(20)12-16(15)2;/h4-9,11-14H,1-3H3;/q-1;. The van der Waals surface area contributed by atoms with Gasteiger partial charge in [-0.25, -0.2) is 0 Å². The van der Waals surface area contributed by atoms with Crippen LogP contribution in [0, 0.1) is 26.8 Å². The Morgan fingerprint density at radius 2 is 1.48 bits per heavy atom. The number of rotatable bonds is 1. The molecular weight excluding hydrogens is 508 g/mol. The Bertz CT molecular complexity index is 1300. The van der Waals surface area contributed by atoms with Gasteiger partial charge in [-0.2, -0.15) is 23.3 Å². The zero-order valence-corrected chi connectivity index (χ0v) is 17.9. The van der Waals surface area contributed by atoms with E-state index in [1.54, 1.807) is 0 Å². The van der Waals surface area contributed by atoms with Crippen molar-refractivity contribution in [2.24, 2.45) is 0 Å². The van der Waals surface area contributed by atoms with Gasteiger partial charge in [-0.15, -0.1) is 10.9 Å². The molecule has 2 aromatic heterocycles. The average Bonchev–Trinajstić information content (AvgIpc) is 3.06. The van der Waals surface area contributed by atoms with Crippen molar-refractivity contribution in [2.45, 2.75) is 20.8 Å². The van der Waals surface area contributed by atoms with Gasteiger partial charge < -0.3 is 0 Å². The number of benzene rings is 3. The Morgan fingerprint density at radius 1 is 0.778 bits per heavy atom. The topological polar surface area (TPSA) is 17.3 Å². The summed E-state index contributed by atoms with van der Waals surface area (Å²) in [6, 6.07) is 22.9. The first-order valence-electron chi connectivity index (χ1n) is 8.91. The van der Waals surface area contributed by atoms with E-state index in [1.165, 1.54) is 49.5 Å². The van der Waals surface area contributed by atoms with E-state index in [4.69, 9.17) is 0 Å². The van der Waals surface area contributed by atoms with Gasteiger partial charge in [0.05, 0.1) is 11.7 Å². The van der Waals surface area contributed by atoms with Gasteiger partial charge in [0.1, 0.15) is 0 Å². The first-order chi connectivity index (χ1) is 12.6. The fraction of sp³-hybridized carbons (Fsp3) is 0.125. The van der Waals surface area contributed by atoms with Crippen molar-refractivity contribution >= 4 is 27.2 Å². The molecule has 0 spiro atoms. The van der Waals surface area contributed by atoms with Crippen molar-refractivity contribution in [1.29, 1.82) is 0 Å². The Hall–Kier alpha value is -2.48. The Balaban J connectivity index is 0.00000180. The van der Waals surface area contributed by atoms with Gasteiger partial charge in [0.25, 0.3) is 0 Å². The van der Waals surface area contributed by atoms with Gasteiger partial charge >= 0.3 is 0 Å². The van der Waals surface area contributed by atoms with Crippen LogP contribution >= 0.6 is 0 Å². The van der Waals surface area contributed by atoms with Gasteiger partial charge in [0.2, 0.25) is 0 Å². The molecule has 5 rings (SSSR count). The number of hydrogen-bond acceptors (Lipinski definition) is 1. The van der Waals surface area contributed by atoms with E-state index in [0.717, 1.165) is 5.52 Å². The van der Waals surface area contributed by atoms with Crippen LogP contribution in [0.2, 0.25) is 0 Å². The minimum Gasteiger partial charge on any atom is -0.257 e. The third-order valence-electron chi connectivity index (χ3n) is 5.37. The summed E-state index contributed by atoms with van der Waals surface area (Å²) in [6.45, 7) is 6.48. The number of aryl methyl sites for hydroxylation is 3. The molecule has 0 saturated carbocycles.